The Morgan fingerprint density at radius 2 is 1.97 bits per heavy atom. The van der Waals surface area contributed by atoms with Crippen molar-refractivity contribution < 1.29 is 40.2 Å². The van der Waals surface area contributed by atoms with Crippen molar-refractivity contribution in [1.29, 1.82) is 0 Å². The van der Waals surface area contributed by atoms with Crippen molar-refractivity contribution in [1.82, 2.24) is 10.2 Å². The van der Waals surface area contributed by atoms with E-state index in [1.54, 1.807) is 0 Å². The highest BCUT2D eigenvalue weighted by Crippen LogP contribution is 2.50. The minimum atomic E-state index is -5.88. The summed E-state index contributed by atoms with van der Waals surface area (Å²) in [5.74, 6) is -1.44. The summed E-state index contributed by atoms with van der Waals surface area (Å²) in [7, 11) is -5.88. The van der Waals surface area contributed by atoms with Crippen LogP contribution in [0.1, 0.15) is 24.2 Å². The molecule has 160 valence electrons. The molecule has 0 fully saturated rings. The maximum absolute atomic E-state index is 14.8. The van der Waals surface area contributed by atoms with Crippen LogP contribution in [0.2, 0.25) is 0 Å². The molecule has 0 radical (unpaired) electrons. The first-order valence-electron chi connectivity index (χ1n) is 8.48. The Bertz CT molecular complexity index is 1270. The molecule has 0 saturated heterocycles. The smallest absolute Gasteiger partial charge is 0.453 e. The van der Waals surface area contributed by atoms with Gasteiger partial charge in [-0.15, -0.1) is 0 Å². The monoisotopic (exact) mass is 448 g/mol. The van der Waals surface area contributed by atoms with Gasteiger partial charge in [0.15, 0.2) is 11.6 Å². The Balaban J connectivity index is 1.92. The van der Waals surface area contributed by atoms with Crippen LogP contribution in [-0.2, 0) is 16.3 Å². The summed E-state index contributed by atoms with van der Waals surface area (Å²) in [5.41, 5.74) is -8.77. The molecule has 0 bridgehead atoms. The SMILES string of the molecule is CC1(F)Cc2c(Oc3c(F)ccc4[nH]ncc34)ccc(S(=O)(=O)C(F)(F)F)c2C1O. The summed E-state index contributed by atoms with van der Waals surface area (Å²) < 4.78 is 97.9. The maximum atomic E-state index is 14.8. The molecule has 2 N–H and O–H groups in total. The van der Waals surface area contributed by atoms with Gasteiger partial charge in [0.2, 0.25) is 0 Å². The molecule has 2 atom stereocenters. The first kappa shape index (κ1) is 20.5. The van der Waals surface area contributed by atoms with Crippen molar-refractivity contribution in [2.45, 2.75) is 35.5 Å². The van der Waals surface area contributed by atoms with E-state index >= 15 is 0 Å². The van der Waals surface area contributed by atoms with Crippen molar-refractivity contribution >= 4 is 20.7 Å². The fourth-order valence-electron chi connectivity index (χ4n) is 3.48. The summed E-state index contributed by atoms with van der Waals surface area (Å²) >= 11 is 0. The lowest BCUT2D eigenvalue weighted by molar-refractivity contribution is -0.0439. The van der Waals surface area contributed by atoms with Crippen molar-refractivity contribution in [3.63, 3.8) is 0 Å². The number of halogens is 5. The molecule has 0 saturated carbocycles. The van der Waals surface area contributed by atoms with E-state index < -0.39 is 49.8 Å². The molecule has 4 rings (SSSR count). The first-order valence-corrected chi connectivity index (χ1v) is 9.96. The second kappa shape index (κ2) is 6.38. The molecule has 6 nitrogen and oxygen atoms in total. The van der Waals surface area contributed by atoms with Gasteiger partial charge >= 0.3 is 5.51 Å². The van der Waals surface area contributed by atoms with Gasteiger partial charge in [0, 0.05) is 17.5 Å². The van der Waals surface area contributed by atoms with E-state index in [2.05, 4.69) is 10.2 Å². The molecular weight excluding hydrogens is 435 g/mol. The van der Waals surface area contributed by atoms with E-state index in [-0.39, 0.29) is 22.4 Å². The number of alkyl halides is 4. The summed E-state index contributed by atoms with van der Waals surface area (Å²) in [4.78, 5) is -1.27. The van der Waals surface area contributed by atoms with E-state index in [0.717, 1.165) is 19.1 Å². The lowest BCUT2D eigenvalue weighted by atomic mass is 10.0. The van der Waals surface area contributed by atoms with E-state index in [1.807, 2.05) is 0 Å². The molecule has 1 aliphatic carbocycles. The van der Waals surface area contributed by atoms with Crippen molar-refractivity contribution in [2.75, 3.05) is 0 Å². The zero-order chi connectivity index (χ0) is 22.1. The molecular formula is C18H13F5N2O4S. The van der Waals surface area contributed by atoms with Crippen LogP contribution in [0.15, 0.2) is 35.4 Å². The number of ether oxygens (including phenoxy) is 1. The molecule has 1 aliphatic rings. The fraction of sp³-hybridized carbons (Fsp3) is 0.278. The van der Waals surface area contributed by atoms with Crippen LogP contribution in [0.3, 0.4) is 0 Å². The van der Waals surface area contributed by atoms with Gasteiger partial charge in [-0.05, 0) is 31.2 Å². The minimum absolute atomic E-state index is 0.206. The molecule has 1 heterocycles. The number of nitrogens with zero attached hydrogens (tertiary/aromatic N) is 1. The van der Waals surface area contributed by atoms with Crippen LogP contribution in [0.25, 0.3) is 10.9 Å². The van der Waals surface area contributed by atoms with Gasteiger partial charge in [-0.3, -0.25) is 5.10 Å². The highest BCUT2D eigenvalue weighted by Gasteiger charge is 2.53. The maximum Gasteiger partial charge on any atom is 0.501 e. The Morgan fingerprint density at radius 1 is 1.27 bits per heavy atom. The number of sulfone groups is 1. The number of aromatic amines is 1. The van der Waals surface area contributed by atoms with Crippen LogP contribution in [0.5, 0.6) is 11.5 Å². The topological polar surface area (TPSA) is 92.3 Å². The number of nitrogens with one attached hydrogen (secondary N) is 1. The van der Waals surface area contributed by atoms with Crippen LogP contribution in [-0.4, -0.2) is 34.9 Å². The number of hydrogen-bond donors (Lipinski definition) is 2. The van der Waals surface area contributed by atoms with Gasteiger partial charge in [-0.1, -0.05) is 0 Å². The molecule has 2 unspecified atom stereocenters. The third-order valence-electron chi connectivity index (χ3n) is 4.97. The molecule has 30 heavy (non-hydrogen) atoms. The third-order valence-corrected chi connectivity index (χ3v) is 6.52. The largest absolute Gasteiger partial charge is 0.501 e. The lowest BCUT2D eigenvalue weighted by Crippen LogP contribution is -2.27. The van der Waals surface area contributed by atoms with Gasteiger partial charge < -0.3 is 9.84 Å². The molecule has 0 amide bonds. The summed E-state index contributed by atoms with van der Waals surface area (Å²) in [6.45, 7) is 0.919. The number of benzene rings is 2. The van der Waals surface area contributed by atoms with Crippen molar-refractivity contribution in [2.24, 2.45) is 0 Å². The highest BCUT2D eigenvalue weighted by atomic mass is 32.2. The van der Waals surface area contributed by atoms with E-state index in [1.165, 1.54) is 12.3 Å². The number of aliphatic hydroxyl groups excluding tert-OH is 1. The quantitative estimate of drug-likeness (QED) is 0.589. The highest BCUT2D eigenvalue weighted by molar-refractivity contribution is 7.92. The average molecular weight is 448 g/mol. The van der Waals surface area contributed by atoms with Gasteiger partial charge in [0.05, 0.1) is 22.0 Å². The number of fused-ring (bicyclic) bond motifs is 2. The molecule has 3 aromatic rings. The Hall–Kier alpha value is -2.73. The Morgan fingerprint density at radius 3 is 2.63 bits per heavy atom. The lowest BCUT2D eigenvalue weighted by Gasteiger charge is -2.19. The molecule has 0 aliphatic heterocycles. The van der Waals surface area contributed by atoms with Crippen molar-refractivity contribution in [3.8, 4) is 11.5 Å². The molecule has 1 aromatic heterocycles. The molecule has 2 aromatic carbocycles. The Labute approximate surface area is 166 Å². The zero-order valence-corrected chi connectivity index (χ0v) is 15.9. The van der Waals surface area contributed by atoms with Crippen LogP contribution in [0.4, 0.5) is 22.0 Å². The number of aliphatic hydroxyl groups is 1. The minimum Gasteiger partial charge on any atom is -0.453 e. The normalized spacial score (nSPS) is 21.8. The number of hydrogen-bond acceptors (Lipinski definition) is 5. The van der Waals surface area contributed by atoms with Crippen LogP contribution < -0.4 is 4.74 Å². The van der Waals surface area contributed by atoms with Gasteiger partial charge in [-0.2, -0.15) is 18.3 Å². The van der Waals surface area contributed by atoms with Crippen LogP contribution >= 0.6 is 0 Å². The number of rotatable bonds is 3. The first-order chi connectivity index (χ1) is 13.8. The zero-order valence-electron chi connectivity index (χ0n) is 15.1. The summed E-state index contributed by atoms with van der Waals surface area (Å²) in [5, 5.41) is 16.8. The molecule has 12 heteroatoms. The second-order valence-corrected chi connectivity index (χ2v) is 8.98. The fourth-order valence-corrected chi connectivity index (χ4v) is 4.50. The van der Waals surface area contributed by atoms with E-state index in [4.69, 9.17) is 4.74 Å². The number of H-pyrrole nitrogens is 1. The predicted octanol–water partition coefficient (Wildman–Crippen LogP) is 4.11. The number of aromatic nitrogens is 2. The molecule has 0 spiro atoms. The van der Waals surface area contributed by atoms with Gasteiger partial charge in [0.1, 0.15) is 17.5 Å². The average Bonchev–Trinajstić information content (AvgIpc) is 3.20. The van der Waals surface area contributed by atoms with Gasteiger partial charge in [0.25, 0.3) is 9.84 Å². The van der Waals surface area contributed by atoms with E-state index in [9.17, 15) is 35.5 Å². The van der Waals surface area contributed by atoms with Crippen molar-refractivity contribution in [3.05, 3.63) is 47.4 Å². The van der Waals surface area contributed by atoms with Crippen LogP contribution in [0, 0.1) is 5.82 Å². The predicted molar refractivity (Wildman–Crippen MR) is 94.0 cm³/mol. The van der Waals surface area contributed by atoms with Gasteiger partial charge in [-0.25, -0.2) is 17.2 Å². The standard InChI is InChI=1S/C18H13F5N2O4S/c1-17(20)6-8-12(29-15-9-7-24-25-11(9)3-2-10(15)19)4-5-13(14(8)16(17)26)30(27,28)18(21,22)23/h2-5,7,16,26H,6H2,1H3,(H,24,25). The summed E-state index contributed by atoms with van der Waals surface area (Å²) in [6.07, 6.45) is -1.54. The summed E-state index contributed by atoms with van der Waals surface area (Å²) in [6, 6.07) is 3.89. The van der Waals surface area contributed by atoms with E-state index in [0.29, 0.717) is 11.6 Å². The Kier molecular flexibility index (Phi) is 4.37. The third kappa shape index (κ3) is 2.93. The second-order valence-electron chi connectivity index (χ2n) is 7.07.